The summed E-state index contributed by atoms with van der Waals surface area (Å²) in [6, 6.07) is 11.6. The van der Waals surface area contributed by atoms with E-state index < -0.39 is 29.7 Å². The lowest BCUT2D eigenvalue weighted by Crippen LogP contribution is -2.29. The molecule has 0 aromatic heterocycles. The maximum absolute atomic E-state index is 12.5. The maximum Gasteiger partial charge on any atom is 0.416 e. The van der Waals surface area contributed by atoms with Crippen LogP contribution in [0.4, 0.5) is 18.9 Å². The summed E-state index contributed by atoms with van der Waals surface area (Å²) in [5.74, 6) is -1.26. The molecule has 0 heterocycles. The van der Waals surface area contributed by atoms with E-state index in [1.807, 2.05) is 19.1 Å². The molecule has 2 aromatic carbocycles. The first-order valence-electron chi connectivity index (χ1n) is 8.65. The van der Waals surface area contributed by atoms with Gasteiger partial charge in [-0.05, 0) is 54.8 Å². The number of benzene rings is 2. The molecule has 1 N–H and O–H groups in total. The van der Waals surface area contributed by atoms with Crippen LogP contribution in [0.1, 0.15) is 30.5 Å². The number of nitrogens with one attached hydrogen (secondary N) is 1. The second-order valence-corrected chi connectivity index (χ2v) is 6.07. The summed E-state index contributed by atoms with van der Waals surface area (Å²) in [6.07, 6.45) is -2.19. The van der Waals surface area contributed by atoms with E-state index in [2.05, 4.69) is 5.32 Å². The number of hydrogen-bond acceptors (Lipinski definition) is 3. The van der Waals surface area contributed by atoms with E-state index in [9.17, 15) is 22.8 Å². The minimum Gasteiger partial charge on any atom is -0.449 e. The Labute approximate surface area is 161 Å². The van der Waals surface area contributed by atoms with Crippen molar-refractivity contribution in [3.05, 3.63) is 71.3 Å². The van der Waals surface area contributed by atoms with Crippen LogP contribution in [0.25, 0.3) is 6.08 Å². The number of esters is 1. The summed E-state index contributed by atoms with van der Waals surface area (Å²) in [6.45, 7) is 3.45. The van der Waals surface area contributed by atoms with E-state index in [-0.39, 0.29) is 0 Å². The molecule has 148 valence electrons. The molecule has 0 unspecified atom stereocenters. The summed E-state index contributed by atoms with van der Waals surface area (Å²) in [5.41, 5.74) is 1.35. The van der Waals surface area contributed by atoms with Gasteiger partial charge in [-0.25, -0.2) is 4.79 Å². The molecule has 0 aliphatic rings. The summed E-state index contributed by atoms with van der Waals surface area (Å²) >= 11 is 0. The highest BCUT2D eigenvalue weighted by Gasteiger charge is 2.29. The van der Waals surface area contributed by atoms with E-state index >= 15 is 0 Å². The molecule has 1 amide bonds. The van der Waals surface area contributed by atoms with Gasteiger partial charge in [0.05, 0.1) is 5.56 Å². The Hall–Kier alpha value is -3.09. The average molecular weight is 391 g/mol. The van der Waals surface area contributed by atoms with Gasteiger partial charge in [-0.3, -0.25) is 4.79 Å². The van der Waals surface area contributed by atoms with E-state index in [1.165, 1.54) is 25.1 Å². The Balaban J connectivity index is 1.88. The lowest BCUT2D eigenvalue weighted by Gasteiger charge is -2.12. The first-order chi connectivity index (χ1) is 13.2. The molecule has 0 saturated carbocycles. The smallest absolute Gasteiger partial charge is 0.416 e. The number of amides is 1. The van der Waals surface area contributed by atoms with Gasteiger partial charge in [0, 0.05) is 11.8 Å². The minimum absolute atomic E-state index is 0.401. The van der Waals surface area contributed by atoms with Crippen molar-refractivity contribution in [3.63, 3.8) is 0 Å². The lowest BCUT2D eigenvalue weighted by molar-refractivity contribution is -0.148. The SMILES string of the molecule is CCc1ccc(NC(=O)[C@@H](C)OC(=O)/C=C/c2ccc(C(F)(F)F)cc2)cc1. The van der Waals surface area contributed by atoms with Gasteiger partial charge in [0.15, 0.2) is 6.10 Å². The second-order valence-electron chi connectivity index (χ2n) is 6.07. The molecule has 2 rings (SSSR count). The Morgan fingerprint density at radius 2 is 1.68 bits per heavy atom. The zero-order valence-electron chi connectivity index (χ0n) is 15.4. The van der Waals surface area contributed by atoms with Crippen molar-refractivity contribution in [2.75, 3.05) is 5.32 Å². The fraction of sp³-hybridized carbons (Fsp3) is 0.238. The molecule has 2 aromatic rings. The quantitative estimate of drug-likeness (QED) is 0.566. The number of halogens is 3. The maximum atomic E-state index is 12.5. The summed E-state index contributed by atoms with van der Waals surface area (Å²) < 4.78 is 42.6. The average Bonchev–Trinajstić information content (AvgIpc) is 2.66. The van der Waals surface area contributed by atoms with Crippen LogP contribution in [0.3, 0.4) is 0 Å². The number of anilines is 1. The van der Waals surface area contributed by atoms with Crippen molar-refractivity contribution in [2.45, 2.75) is 32.5 Å². The first kappa shape index (κ1) is 21.2. The summed E-state index contributed by atoms with van der Waals surface area (Å²) in [5, 5.41) is 2.65. The van der Waals surface area contributed by atoms with Gasteiger partial charge in [0.1, 0.15) is 0 Å². The van der Waals surface area contributed by atoms with Gasteiger partial charge in [0.25, 0.3) is 5.91 Å². The number of alkyl halides is 3. The third-order valence-electron chi connectivity index (χ3n) is 3.94. The fourth-order valence-electron chi connectivity index (χ4n) is 2.28. The number of carbonyl (C=O) groups is 2. The molecule has 7 heteroatoms. The number of hydrogen-bond donors (Lipinski definition) is 1. The number of aryl methyl sites for hydroxylation is 1. The molecular weight excluding hydrogens is 371 g/mol. The topological polar surface area (TPSA) is 55.4 Å². The van der Waals surface area contributed by atoms with E-state index in [4.69, 9.17) is 4.74 Å². The number of rotatable bonds is 6. The molecule has 0 spiro atoms. The largest absolute Gasteiger partial charge is 0.449 e. The predicted molar refractivity (Wildman–Crippen MR) is 100 cm³/mol. The van der Waals surface area contributed by atoms with Crippen LogP contribution in [-0.4, -0.2) is 18.0 Å². The standard InChI is InChI=1S/C21H20F3NO3/c1-3-15-6-11-18(12-7-15)25-20(27)14(2)28-19(26)13-8-16-4-9-17(10-5-16)21(22,23)24/h4-14H,3H2,1-2H3,(H,25,27)/b13-8+/t14-/m1/s1. The molecule has 4 nitrogen and oxygen atoms in total. The van der Waals surface area contributed by atoms with Crippen LogP contribution in [0, 0.1) is 0 Å². The van der Waals surface area contributed by atoms with Crippen LogP contribution < -0.4 is 5.32 Å². The fourth-order valence-corrected chi connectivity index (χ4v) is 2.28. The van der Waals surface area contributed by atoms with Gasteiger partial charge >= 0.3 is 12.1 Å². The number of ether oxygens (including phenoxy) is 1. The predicted octanol–water partition coefficient (Wildman–Crippen LogP) is 4.85. The normalized spacial score (nSPS) is 12.6. The minimum atomic E-state index is -4.42. The van der Waals surface area contributed by atoms with Crippen LogP contribution in [0.2, 0.25) is 0 Å². The Morgan fingerprint density at radius 1 is 1.07 bits per heavy atom. The monoisotopic (exact) mass is 391 g/mol. The summed E-state index contributed by atoms with van der Waals surface area (Å²) in [7, 11) is 0. The molecule has 0 bridgehead atoms. The van der Waals surface area contributed by atoms with Gasteiger partial charge in [-0.2, -0.15) is 13.2 Å². The first-order valence-corrected chi connectivity index (χ1v) is 8.65. The van der Waals surface area contributed by atoms with Crippen LogP contribution >= 0.6 is 0 Å². The highest BCUT2D eigenvalue weighted by Crippen LogP contribution is 2.29. The van der Waals surface area contributed by atoms with Crippen molar-refractivity contribution in [3.8, 4) is 0 Å². The van der Waals surface area contributed by atoms with Gasteiger partial charge in [-0.15, -0.1) is 0 Å². The highest BCUT2D eigenvalue weighted by molar-refractivity contribution is 5.96. The molecule has 28 heavy (non-hydrogen) atoms. The van der Waals surface area contributed by atoms with E-state index in [0.29, 0.717) is 11.3 Å². The Kier molecular flexibility index (Phi) is 6.98. The highest BCUT2D eigenvalue weighted by atomic mass is 19.4. The lowest BCUT2D eigenvalue weighted by atomic mass is 10.1. The van der Waals surface area contributed by atoms with E-state index in [1.54, 1.807) is 12.1 Å². The molecule has 1 atom stereocenters. The van der Waals surface area contributed by atoms with Crippen molar-refractivity contribution in [1.29, 1.82) is 0 Å². The van der Waals surface area contributed by atoms with Gasteiger partial charge in [0.2, 0.25) is 0 Å². The molecule has 0 radical (unpaired) electrons. The van der Waals surface area contributed by atoms with E-state index in [0.717, 1.165) is 30.2 Å². The molecular formula is C21H20F3NO3. The zero-order chi connectivity index (χ0) is 20.7. The second kappa shape index (κ2) is 9.21. The molecule has 0 aliphatic carbocycles. The van der Waals surface area contributed by atoms with Crippen LogP contribution in [0.5, 0.6) is 0 Å². The van der Waals surface area contributed by atoms with Crippen molar-refractivity contribution >= 4 is 23.6 Å². The third kappa shape index (κ3) is 6.26. The van der Waals surface area contributed by atoms with Crippen molar-refractivity contribution < 1.29 is 27.5 Å². The third-order valence-corrected chi connectivity index (χ3v) is 3.94. The van der Waals surface area contributed by atoms with Crippen molar-refractivity contribution in [2.24, 2.45) is 0 Å². The van der Waals surface area contributed by atoms with Crippen molar-refractivity contribution in [1.82, 2.24) is 0 Å². The van der Waals surface area contributed by atoms with Crippen LogP contribution in [0.15, 0.2) is 54.6 Å². The Bertz CT molecular complexity index is 841. The molecule has 0 saturated heterocycles. The summed E-state index contributed by atoms with van der Waals surface area (Å²) in [4.78, 5) is 23.9. The zero-order valence-corrected chi connectivity index (χ0v) is 15.4. The van der Waals surface area contributed by atoms with Gasteiger partial charge in [-0.1, -0.05) is 31.2 Å². The number of carbonyl (C=O) groups excluding carboxylic acids is 2. The molecule has 0 fully saturated rings. The Morgan fingerprint density at radius 3 is 2.21 bits per heavy atom. The van der Waals surface area contributed by atoms with Gasteiger partial charge < -0.3 is 10.1 Å². The molecule has 0 aliphatic heterocycles. The van der Waals surface area contributed by atoms with Crippen LogP contribution in [-0.2, 0) is 26.9 Å².